The Morgan fingerprint density at radius 1 is 1.12 bits per heavy atom. The van der Waals surface area contributed by atoms with Gasteiger partial charge in [-0.15, -0.1) is 10.2 Å². The summed E-state index contributed by atoms with van der Waals surface area (Å²) in [7, 11) is 1.65. The van der Waals surface area contributed by atoms with Crippen LogP contribution < -0.4 is 15.4 Å². The number of methoxy groups -OCH3 is 1. The zero-order valence-corrected chi connectivity index (χ0v) is 13.8. The summed E-state index contributed by atoms with van der Waals surface area (Å²) in [5.41, 5.74) is 1.47. The molecule has 0 radical (unpaired) electrons. The largest absolute Gasteiger partial charge is 0.497 e. The third-order valence-electron chi connectivity index (χ3n) is 4.22. The van der Waals surface area contributed by atoms with E-state index in [9.17, 15) is 4.79 Å². The molecule has 1 fully saturated rings. The smallest absolute Gasteiger partial charge is 0.272 e. The maximum Gasteiger partial charge on any atom is 0.272 e. The van der Waals surface area contributed by atoms with Gasteiger partial charge in [0, 0.05) is 12.6 Å². The number of carbonyl (C=O) groups excluding carboxylic acids is 1. The monoisotopic (exact) mass is 326 g/mol. The van der Waals surface area contributed by atoms with Crippen LogP contribution in [0.5, 0.6) is 5.75 Å². The van der Waals surface area contributed by atoms with Gasteiger partial charge in [0.1, 0.15) is 11.6 Å². The van der Waals surface area contributed by atoms with Gasteiger partial charge in [0.2, 0.25) is 0 Å². The van der Waals surface area contributed by atoms with Crippen molar-refractivity contribution < 1.29 is 9.53 Å². The average Bonchev–Trinajstić information content (AvgIpc) is 3.14. The number of nitrogens with one attached hydrogen (secondary N) is 2. The number of nitrogens with zero attached hydrogens (tertiary/aromatic N) is 2. The number of rotatable bonds is 6. The highest BCUT2D eigenvalue weighted by molar-refractivity contribution is 5.92. The van der Waals surface area contributed by atoms with Crippen LogP contribution in [0.3, 0.4) is 0 Å². The van der Waals surface area contributed by atoms with E-state index in [0.29, 0.717) is 18.1 Å². The Labute approximate surface area is 141 Å². The molecule has 1 heterocycles. The van der Waals surface area contributed by atoms with Crippen LogP contribution in [-0.2, 0) is 6.54 Å². The molecule has 126 valence electrons. The van der Waals surface area contributed by atoms with E-state index in [1.165, 1.54) is 12.8 Å². The lowest BCUT2D eigenvalue weighted by Crippen LogP contribution is -2.33. The normalized spacial score (nSPS) is 14.4. The van der Waals surface area contributed by atoms with Crippen LogP contribution in [0.25, 0.3) is 0 Å². The van der Waals surface area contributed by atoms with Gasteiger partial charge in [0.15, 0.2) is 5.69 Å². The maximum atomic E-state index is 12.1. The van der Waals surface area contributed by atoms with Crippen LogP contribution in [0.1, 0.15) is 41.7 Å². The number of benzene rings is 1. The van der Waals surface area contributed by atoms with Crippen LogP contribution in [0.2, 0.25) is 0 Å². The van der Waals surface area contributed by atoms with Crippen molar-refractivity contribution in [1.82, 2.24) is 15.5 Å². The van der Waals surface area contributed by atoms with Crippen LogP contribution in [0.4, 0.5) is 5.82 Å². The van der Waals surface area contributed by atoms with Gasteiger partial charge in [-0.25, -0.2) is 0 Å². The zero-order chi connectivity index (χ0) is 16.8. The standard InChI is InChI=1S/C18H22N4O2/c1-24-15-8-6-13(7-9-15)12-19-17-11-10-16(21-22-17)18(23)20-14-4-2-3-5-14/h6-11,14H,2-5,12H2,1H3,(H,19,22)(H,20,23). The van der Waals surface area contributed by atoms with Crippen molar-refractivity contribution in [3.05, 3.63) is 47.7 Å². The molecule has 3 rings (SSSR count). The molecular formula is C18H22N4O2. The SMILES string of the molecule is COc1ccc(CNc2ccc(C(=O)NC3CCCC3)nn2)cc1. The molecule has 0 unspecified atom stereocenters. The van der Waals surface area contributed by atoms with Crippen LogP contribution in [-0.4, -0.2) is 29.3 Å². The van der Waals surface area contributed by atoms with Gasteiger partial charge in [-0.3, -0.25) is 4.79 Å². The fraction of sp³-hybridized carbons (Fsp3) is 0.389. The molecule has 1 aliphatic carbocycles. The van der Waals surface area contributed by atoms with Crippen LogP contribution in [0.15, 0.2) is 36.4 Å². The maximum absolute atomic E-state index is 12.1. The number of carbonyl (C=O) groups is 1. The van der Waals surface area contributed by atoms with Crippen molar-refractivity contribution in [2.24, 2.45) is 0 Å². The number of ether oxygens (including phenoxy) is 1. The summed E-state index contributed by atoms with van der Waals surface area (Å²) in [4.78, 5) is 12.1. The number of aromatic nitrogens is 2. The van der Waals surface area contributed by atoms with Crippen molar-refractivity contribution in [2.75, 3.05) is 12.4 Å². The van der Waals surface area contributed by atoms with Crippen molar-refractivity contribution in [3.63, 3.8) is 0 Å². The van der Waals surface area contributed by atoms with Crippen molar-refractivity contribution in [1.29, 1.82) is 0 Å². The Bertz CT molecular complexity index is 664. The predicted molar refractivity (Wildman–Crippen MR) is 92.1 cm³/mol. The minimum atomic E-state index is -0.142. The quantitative estimate of drug-likeness (QED) is 0.853. The first-order valence-corrected chi connectivity index (χ1v) is 8.26. The molecule has 2 N–H and O–H groups in total. The fourth-order valence-corrected chi connectivity index (χ4v) is 2.81. The Morgan fingerprint density at radius 3 is 2.50 bits per heavy atom. The van der Waals surface area contributed by atoms with Gasteiger partial charge in [-0.1, -0.05) is 25.0 Å². The Hall–Kier alpha value is -2.63. The molecule has 6 heteroatoms. The van der Waals surface area contributed by atoms with Gasteiger partial charge >= 0.3 is 0 Å². The van der Waals surface area contributed by atoms with Crippen molar-refractivity contribution in [2.45, 2.75) is 38.3 Å². The molecule has 0 aliphatic heterocycles. The molecule has 1 aromatic carbocycles. The highest BCUT2D eigenvalue weighted by Gasteiger charge is 2.18. The molecule has 1 saturated carbocycles. The Balaban J connectivity index is 1.52. The van der Waals surface area contributed by atoms with Crippen molar-refractivity contribution in [3.8, 4) is 5.75 Å². The molecule has 6 nitrogen and oxygen atoms in total. The minimum absolute atomic E-state index is 0.142. The predicted octanol–water partition coefficient (Wildman–Crippen LogP) is 2.77. The zero-order valence-electron chi connectivity index (χ0n) is 13.8. The summed E-state index contributed by atoms with van der Waals surface area (Å²) in [5.74, 6) is 1.33. The molecule has 2 aromatic rings. The summed E-state index contributed by atoms with van der Waals surface area (Å²) in [6.45, 7) is 0.631. The van der Waals surface area contributed by atoms with Gasteiger partial charge in [-0.05, 0) is 42.7 Å². The van der Waals surface area contributed by atoms with E-state index in [1.807, 2.05) is 24.3 Å². The average molecular weight is 326 g/mol. The number of hydrogen-bond donors (Lipinski definition) is 2. The third kappa shape index (κ3) is 4.22. The second-order valence-corrected chi connectivity index (χ2v) is 5.96. The fourth-order valence-electron chi connectivity index (χ4n) is 2.81. The Morgan fingerprint density at radius 2 is 1.88 bits per heavy atom. The topological polar surface area (TPSA) is 76.1 Å². The number of anilines is 1. The van der Waals surface area contributed by atoms with E-state index < -0.39 is 0 Å². The molecule has 0 bridgehead atoms. The van der Waals surface area contributed by atoms with E-state index in [-0.39, 0.29) is 11.9 Å². The summed E-state index contributed by atoms with van der Waals surface area (Å²) in [5, 5.41) is 14.3. The van der Waals surface area contributed by atoms with Gasteiger partial charge < -0.3 is 15.4 Å². The van der Waals surface area contributed by atoms with Gasteiger partial charge in [0.05, 0.1) is 7.11 Å². The number of hydrogen-bond acceptors (Lipinski definition) is 5. The lowest BCUT2D eigenvalue weighted by atomic mass is 10.2. The summed E-state index contributed by atoms with van der Waals surface area (Å²) in [6, 6.07) is 11.6. The van der Waals surface area contributed by atoms with Crippen molar-refractivity contribution >= 4 is 11.7 Å². The van der Waals surface area contributed by atoms with Crippen LogP contribution >= 0.6 is 0 Å². The molecule has 0 saturated heterocycles. The lowest BCUT2D eigenvalue weighted by Gasteiger charge is -2.11. The molecule has 0 spiro atoms. The molecule has 1 aromatic heterocycles. The molecular weight excluding hydrogens is 304 g/mol. The first-order chi connectivity index (χ1) is 11.7. The van der Waals surface area contributed by atoms with E-state index in [2.05, 4.69) is 20.8 Å². The Kier molecular flexibility index (Phi) is 5.25. The molecule has 0 atom stereocenters. The van der Waals surface area contributed by atoms with E-state index in [0.717, 1.165) is 24.2 Å². The molecule has 24 heavy (non-hydrogen) atoms. The first-order valence-electron chi connectivity index (χ1n) is 8.26. The molecule has 1 amide bonds. The van der Waals surface area contributed by atoms with Crippen LogP contribution in [0, 0.1) is 0 Å². The van der Waals surface area contributed by atoms with E-state index in [1.54, 1.807) is 19.2 Å². The van der Waals surface area contributed by atoms with E-state index in [4.69, 9.17) is 4.74 Å². The van der Waals surface area contributed by atoms with E-state index >= 15 is 0 Å². The summed E-state index contributed by atoms with van der Waals surface area (Å²) in [6.07, 6.45) is 4.48. The van der Waals surface area contributed by atoms with Gasteiger partial charge in [0.25, 0.3) is 5.91 Å². The second kappa shape index (κ2) is 7.77. The third-order valence-corrected chi connectivity index (χ3v) is 4.22. The first kappa shape index (κ1) is 16.2. The molecule has 1 aliphatic rings. The summed E-state index contributed by atoms with van der Waals surface area (Å²) >= 11 is 0. The highest BCUT2D eigenvalue weighted by Crippen LogP contribution is 2.18. The number of amides is 1. The summed E-state index contributed by atoms with van der Waals surface area (Å²) < 4.78 is 5.13. The highest BCUT2D eigenvalue weighted by atomic mass is 16.5. The van der Waals surface area contributed by atoms with Gasteiger partial charge in [-0.2, -0.15) is 0 Å². The minimum Gasteiger partial charge on any atom is -0.497 e. The lowest BCUT2D eigenvalue weighted by molar-refractivity contribution is 0.0932. The second-order valence-electron chi connectivity index (χ2n) is 5.96.